The highest BCUT2D eigenvalue weighted by Crippen LogP contribution is 2.38. The van der Waals surface area contributed by atoms with Gasteiger partial charge in [-0.25, -0.2) is 0 Å². The Labute approximate surface area is 187 Å². The van der Waals surface area contributed by atoms with Crippen LogP contribution in [0.3, 0.4) is 0 Å². The van der Waals surface area contributed by atoms with Gasteiger partial charge in [-0.1, -0.05) is 11.8 Å². The number of allylic oxidation sites excluding steroid dienone is 4. The van der Waals surface area contributed by atoms with E-state index in [4.69, 9.17) is 23.7 Å². The van der Waals surface area contributed by atoms with Gasteiger partial charge >= 0.3 is 23.9 Å². The summed E-state index contributed by atoms with van der Waals surface area (Å²) in [6.45, 7) is 4.09. The number of carbonyl (C=O) groups excluding carboxylic acids is 6. The van der Waals surface area contributed by atoms with Crippen molar-refractivity contribution >= 4 is 47.2 Å². The van der Waals surface area contributed by atoms with Crippen molar-refractivity contribution in [2.45, 2.75) is 57.5 Å². The summed E-state index contributed by atoms with van der Waals surface area (Å²) in [5.74, 6) is -3.85. The molecule has 5 atom stereocenters. The molecule has 0 unspecified atom stereocenters. The van der Waals surface area contributed by atoms with Gasteiger partial charge in [0, 0.05) is 33.8 Å². The van der Waals surface area contributed by atoms with Gasteiger partial charge in [0.15, 0.2) is 29.9 Å². The smallest absolute Gasteiger partial charge is 0.303 e. The number of carbonyl (C=O) groups is 6. The molecule has 2 aliphatic rings. The zero-order chi connectivity index (χ0) is 24.0. The van der Waals surface area contributed by atoms with Gasteiger partial charge in [-0.2, -0.15) is 0 Å². The molecule has 1 aliphatic carbocycles. The lowest BCUT2D eigenvalue weighted by Gasteiger charge is -2.44. The van der Waals surface area contributed by atoms with Crippen molar-refractivity contribution in [3.63, 3.8) is 0 Å². The summed E-state index contributed by atoms with van der Waals surface area (Å²) in [7, 11) is 0. The topological polar surface area (TPSA) is 149 Å². The maximum atomic E-state index is 12.2. The fourth-order valence-corrected chi connectivity index (χ4v) is 4.15. The quantitative estimate of drug-likeness (QED) is 0.288. The average molecular weight is 470 g/mol. The monoisotopic (exact) mass is 470 g/mol. The molecule has 1 heterocycles. The molecule has 12 heteroatoms. The van der Waals surface area contributed by atoms with Crippen molar-refractivity contribution in [1.29, 1.82) is 0 Å². The molecule has 1 aliphatic heterocycles. The molecule has 1 saturated heterocycles. The van der Waals surface area contributed by atoms with Crippen molar-refractivity contribution in [2.24, 2.45) is 0 Å². The molecule has 0 amide bonds. The van der Waals surface area contributed by atoms with Gasteiger partial charge in [0.25, 0.3) is 0 Å². The van der Waals surface area contributed by atoms with Gasteiger partial charge in [0.05, 0.1) is 4.91 Å². The summed E-state index contributed by atoms with van der Waals surface area (Å²) >= 11 is 0.761. The summed E-state index contributed by atoms with van der Waals surface area (Å²) in [6, 6.07) is 0. The minimum Gasteiger partial charge on any atom is -0.463 e. The highest BCUT2D eigenvalue weighted by Gasteiger charge is 2.52. The molecule has 0 spiro atoms. The predicted octanol–water partition coefficient (Wildman–Crippen LogP) is 0.395. The Morgan fingerprint density at radius 3 is 1.97 bits per heavy atom. The molecule has 0 aromatic carbocycles. The van der Waals surface area contributed by atoms with Crippen LogP contribution in [0.4, 0.5) is 0 Å². The van der Waals surface area contributed by atoms with E-state index in [1.807, 2.05) is 0 Å². The second-order valence-electron chi connectivity index (χ2n) is 6.79. The van der Waals surface area contributed by atoms with Crippen LogP contribution >= 0.6 is 11.8 Å². The molecule has 0 saturated carbocycles. The third kappa shape index (κ3) is 7.02. The Kier molecular flexibility index (Phi) is 8.72. The Hall–Kier alpha value is -2.99. The van der Waals surface area contributed by atoms with Gasteiger partial charge in [-0.05, 0) is 12.2 Å². The molecule has 1 fully saturated rings. The largest absolute Gasteiger partial charge is 0.463 e. The number of esters is 4. The second kappa shape index (κ2) is 11.0. The van der Waals surface area contributed by atoms with Crippen LogP contribution in [0.2, 0.25) is 0 Å². The molecule has 0 bridgehead atoms. The van der Waals surface area contributed by atoms with E-state index in [1.54, 1.807) is 0 Å². The van der Waals surface area contributed by atoms with Gasteiger partial charge in [-0.3, -0.25) is 28.8 Å². The number of rotatable bonds is 7. The van der Waals surface area contributed by atoms with Crippen molar-refractivity contribution < 1.29 is 52.5 Å². The van der Waals surface area contributed by atoms with Gasteiger partial charge in [-0.15, -0.1) is 0 Å². The van der Waals surface area contributed by atoms with Gasteiger partial charge in [0.2, 0.25) is 0 Å². The van der Waals surface area contributed by atoms with Crippen LogP contribution in [0, 0.1) is 0 Å². The summed E-state index contributed by atoms with van der Waals surface area (Å²) in [5.41, 5.74) is -1.18. The molecule has 0 aromatic rings. The Morgan fingerprint density at radius 1 is 0.844 bits per heavy atom. The maximum absolute atomic E-state index is 12.2. The van der Waals surface area contributed by atoms with Crippen molar-refractivity contribution in [1.82, 2.24) is 0 Å². The average Bonchev–Trinajstić information content (AvgIpc) is 2.66. The lowest BCUT2D eigenvalue weighted by atomic mass is 9.99. The molecular formula is C20H22O11S. The number of hydrogen-bond acceptors (Lipinski definition) is 12. The fraction of sp³-hybridized carbons (Fsp3) is 0.500. The predicted molar refractivity (Wildman–Crippen MR) is 107 cm³/mol. The van der Waals surface area contributed by atoms with Crippen LogP contribution in [-0.4, -0.2) is 71.9 Å². The number of thioether (sulfide) groups is 1. The standard InChI is InChI=1S/C20H22O11S/c1-9(21)27-8-15-17(28-10(2)22)18(29-11(3)23)19(30-12(4)24)20(31-15)32-16-7-13(25)5-6-14(16)26/h5-7,15,17-20H,8H2,1-4H3/t15-,17-,18+,19-,20+/m1/s1. The molecular weight excluding hydrogens is 448 g/mol. The van der Waals surface area contributed by atoms with Gasteiger partial charge in [0.1, 0.15) is 18.1 Å². The normalized spacial score (nSPS) is 27.2. The van der Waals surface area contributed by atoms with Crippen molar-refractivity contribution in [3.05, 3.63) is 23.1 Å². The Bertz CT molecular complexity index is 875. The number of ketones is 2. The second-order valence-corrected chi connectivity index (χ2v) is 7.93. The molecule has 0 N–H and O–H groups in total. The van der Waals surface area contributed by atoms with E-state index in [1.165, 1.54) is 0 Å². The van der Waals surface area contributed by atoms with Gasteiger partial charge < -0.3 is 23.7 Å². The molecule has 2 rings (SSSR count). The molecule has 32 heavy (non-hydrogen) atoms. The summed E-state index contributed by atoms with van der Waals surface area (Å²) in [6.07, 6.45) is -1.85. The third-order valence-corrected chi connectivity index (χ3v) is 5.29. The van der Waals surface area contributed by atoms with E-state index >= 15 is 0 Å². The zero-order valence-electron chi connectivity index (χ0n) is 17.7. The summed E-state index contributed by atoms with van der Waals surface area (Å²) in [4.78, 5) is 70.5. The van der Waals surface area contributed by atoms with Crippen LogP contribution in [0.25, 0.3) is 0 Å². The highest BCUT2D eigenvalue weighted by molar-refractivity contribution is 8.04. The first-order valence-electron chi connectivity index (χ1n) is 9.43. The van der Waals surface area contributed by atoms with Crippen molar-refractivity contribution in [3.8, 4) is 0 Å². The van der Waals surface area contributed by atoms with Crippen LogP contribution in [0.15, 0.2) is 23.1 Å². The first kappa shape index (κ1) is 25.3. The SMILES string of the molecule is CC(=O)OC[C@H]1O[C@@H](SC2=CC(=O)C=CC2=O)[C@H](OC(C)=O)[C@@H](OC(C)=O)[C@@H]1OC(C)=O. The molecule has 11 nitrogen and oxygen atoms in total. The molecule has 0 radical (unpaired) electrons. The van der Waals surface area contributed by atoms with Crippen LogP contribution in [0.5, 0.6) is 0 Å². The Balaban J connectivity index is 2.46. The highest BCUT2D eigenvalue weighted by atomic mass is 32.2. The summed E-state index contributed by atoms with van der Waals surface area (Å²) in [5, 5.41) is 0. The van der Waals surface area contributed by atoms with Crippen molar-refractivity contribution in [2.75, 3.05) is 6.61 Å². The first-order chi connectivity index (χ1) is 15.0. The minimum absolute atomic E-state index is 0.00148. The van der Waals surface area contributed by atoms with Crippen LogP contribution < -0.4 is 0 Å². The first-order valence-corrected chi connectivity index (χ1v) is 10.3. The van der Waals surface area contributed by atoms with Crippen LogP contribution in [-0.2, 0) is 52.5 Å². The number of hydrogen-bond donors (Lipinski definition) is 0. The van der Waals surface area contributed by atoms with E-state index < -0.39 is 65.3 Å². The lowest BCUT2D eigenvalue weighted by Crippen LogP contribution is -2.61. The van der Waals surface area contributed by atoms with E-state index in [0.717, 1.165) is 57.7 Å². The molecule has 174 valence electrons. The third-order valence-electron chi connectivity index (χ3n) is 4.11. The lowest BCUT2D eigenvalue weighted by molar-refractivity contribution is -0.237. The van der Waals surface area contributed by atoms with E-state index in [0.29, 0.717) is 0 Å². The fourth-order valence-electron chi connectivity index (χ4n) is 2.99. The summed E-state index contributed by atoms with van der Waals surface area (Å²) < 4.78 is 26.7. The number of ether oxygens (including phenoxy) is 5. The zero-order valence-corrected chi connectivity index (χ0v) is 18.5. The van der Waals surface area contributed by atoms with E-state index in [-0.39, 0.29) is 11.5 Å². The van der Waals surface area contributed by atoms with E-state index in [2.05, 4.69) is 0 Å². The minimum atomic E-state index is -1.35. The Morgan fingerprint density at radius 2 is 1.41 bits per heavy atom. The van der Waals surface area contributed by atoms with Crippen LogP contribution in [0.1, 0.15) is 27.7 Å². The van der Waals surface area contributed by atoms with E-state index in [9.17, 15) is 28.8 Å². The molecule has 0 aromatic heterocycles. The maximum Gasteiger partial charge on any atom is 0.303 e.